The predicted molar refractivity (Wildman–Crippen MR) is 92.5 cm³/mol. The molecule has 0 bridgehead atoms. The van der Waals surface area contributed by atoms with Gasteiger partial charge in [-0.05, 0) is 33.6 Å². The summed E-state index contributed by atoms with van der Waals surface area (Å²) in [4.78, 5) is 7.05. The summed E-state index contributed by atoms with van der Waals surface area (Å²) in [6.45, 7) is 11.3. The summed E-state index contributed by atoms with van der Waals surface area (Å²) in [5.74, 6) is 0.908. The third-order valence-electron chi connectivity index (χ3n) is 4.77. The Morgan fingerprint density at radius 2 is 1.77 bits per heavy atom. The van der Waals surface area contributed by atoms with Crippen LogP contribution < -0.4 is 10.6 Å². The molecule has 22 heavy (non-hydrogen) atoms. The molecule has 0 aromatic rings. The van der Waals surface area contributed by atoms with Crippen molar-refractivity contribution in [2.24, 2.45) is 4.99 Å². The second-order valence-electron chi connectivity index (χ2n) is 7.69. The van der Waals surface area contributed by atoms with Crippen LogP contribution in [0, 0.1) is 0 Å². The molecule has 5 heteroatoms. The van der Waals surface area contributed by atoms with Crippen molar-refractivity contribution < 1.29 is 4.74 Å². The minimum Gasteiger partial charge on any atom is -0.379 e. The average molecular weight is 310 g/mol. The fourth-order valence-electron chi connectivity index (χ4n) is 3.64. The van der Waals surface area contributed by atoms with E-state index < -0.39 is 0 Å². The van der Waals surface area contributed by atoms with Gasteiger partial charge in [0.15, 0.2) is 5.96 Å². The van der Waals surface area contributed by atoms with Crippen molar-refractivity contribution in [1.29, 1.82) is 0 Å². The van der Waals surface area contributed by atoms with Crippen molar-refractivity contribution in [1.82, 2.24) is 15.5 Å². The van der Waals surface area contributed by atoms with E-state index >= 15 is 0 Å². The van der Waals surface area contributed by atoms with Gasteiger partial charge in [-0.15, -0.1) is 0 Å². The molecule has 0 unspecified atom stereocenters. The molecule has 0 aromatic carbocycles. The summed E-state index contributed by atoms with van der Waals surface area (Å²) < 4.78 is 5.55. The van der Waals surface area contributed by atoms with Gasteiger partial charge >= 0.3 is 0 Å². The van der Waals surface area contributed by atoms with Gasteiger partial charge in [0.1, 0.15) is 0 Å². The van der Waals surface area contributed by atoms with Gasteiger partial charge < -0.3 is 15.4 Å². The third kappa shape index (κ3) is 4.85. The van der Waals surface area contributed by atoms with Crippen molar-refractivity contribution >= 4 is 5.96 Å². The number of ether oxygens (including phenoxy) is 1. The molecule has 1 heterocycles. The Bertz CT molecular complexity index is 363. The van der Waals surface area contributed by atoms with Crippen molar-refractivity contribution in [2.75, 3.05) is 39.9 Å². The fourth-order valence-corrected chi connectivity index (χ4v) is 3.64. The van der Waals surface area contributed by atoms with Crippen LogP contribution in [0.4, 0.5) is 0 Å². The molecular formula is C17H34N4O. The zero-order chi connectivity index (χ0) is 16.1. The molecule has 2 rings (SSSR count). The number of hydrogen-bond acceptors (Lipinski definition) is 3. The quantitative estimate of drug-likeness (QED) is 0.618. The Morgan fingerprint density at radius 1 is 1.14 bits per heavy atom. The van der Waals surface area contributed by atoms with E-state index in [1.807, 2.05) is 7.05 Å². The first-order valence-corrected chi connectivity index (χ1v) is 8.77. The van der Waals surface area contributed by atoms with Gasteiger partial charge in [-0.1, -0.05) is 19.3 Å². The molecule has 0 amide bonds. The van der Waals surface area contributed by atoms with Gasteiger partial charge in [0.05, 0.1) is 13.2 Å². The van der Waals surface area contributed by atoms with E-state index in [0.717, 1.165) is 38.8 Å². The topological polar surface area (TPSA) is 48.9 Å². The summed E-state index contributed by atoms with van der Waals surface area (Å²) in [6, 6.07) is 0. The molecule has 0 atom stereocenters. The molecular weight excluding hydrogens is 276 g/mol. The van der Waals surface area contributed by atoms with Crippen molar-refractivity contribution in [3.63, 3.8) is 0 Å². The number of aliphatic imine (C=N–C) groups is 1. The van der Waals surface area contributed by atoms with Crippen LogP contribution in [0.25, 0.3) is 0 Å². The molecule has 0 spiro atoms. The second-order valence-corrected chi connectivity index (χ2v) is 7.69. The summed E-state index contributed by atoms with van der Waals surface area (Å²) in [5.41, 5.74) is 0.304. The van der Waals surface area contributed by atoms with E-state index in [9.17, 15) is 0 Å². The summed E-state index contributed by atoms with van der Waals surface area (Å²) >= 11 is 0. The smallest absolute Gasteiger partial charge is 0.191 e. The first kappa shape index (κ1) is 17.5. The maximum atomic E-state index is 5.55. The molecule has 1 aliphatic carbocycles. The summed E-state index contributed by atoms with van der Waals surface area (Å²) in [6.07, 6.45) is 6.62. The first-order chi connectivity index (χ1) is 10.5. The molecule has 2 aliphatic rings. The van der Waals surface area contributed by atoms with E-state index in [2.05, 4.69) is 41.3 Å². The van der Waals surface area contributed by atoms with E-state index in [4.69, 9.17) is 4.74 Å². The normalized spacial score (nSPS) is 24.1. The molecule has 0 radical (unpaired) electrons. The van der Waals surface area contributed by atoms with Crippen LogP contribution in [0.1, 0.15) is 52.9 Å². The fraction of sp³-hybridized carbons (Fsp3) is 0.941. The predicted octanol–water partition coefficient (Wildman–Crippen LogP) is 1.98. The minimum atomic E-state index is 0.0283. The molecule has 1 aliphatic heterocycles. The molecule has 2 fully saturated rings. The van der Waals surface area contributed by atoms with Crippen LogP contribution in [0.3, 0.4) is 0 Å². The Morgan fingerprint density at radius 3 is 2.32 bits per heavy atom. The molecule has 128 valence electrons. The van der Waals surface area contributed by atoms with Gasteiger partial charge in [-0.2, -0.15) is 0 Å². The van der Waals surface area contributed by atoms with Crippen LogP contribution in [0.5, 0.6) is 0 Å². The lowest BCUT2D eigenvalue weighted by Gasteiger charge is -2.48. The van der Waals surface area contributed by atoms with Gasteiger partial charge in [-0.3, -0.25) is 9.89 Å². The number of guanidine groups is 1. The van der Waals surface area contributed by atoms with Gasteiger partial charge in [-0.25, -0.2) is 0 Å². The van der Waals surface area contributed by atoms with Crippen molar-refractivity contribution in [3.8, 4) is 0 Å². The number of nitrogens with zero attached hydrogens (tertiary/aromatic N) is 2. The molecule has 2 N–H and O–H groups in total. The Balaban J connectivity index is 2.00. The average Bonchev–Trinajstić information content (AvgIpc) is 2.52. The zero-order valence-electron chi connectivity index (χ0n) is 14.9. The summed E-state index contributed by atoms with van der Waals surface area (Å²) in [7, 11) is 1.85. The Labute approximate surface area is 135 Å². The van der Waals surface area contributed by atoms with Gasteiger partial charge in [0.25, 0.3) is 0 Å². The van der Waals surface area contributed by atoms with E-state index in [1.54, 1.807) is 0 Å². The van der Waals surface area contributed by atoms with Crippen LogP contribution in [0.15, 0.2) is 4.99 Å². The zero-order valence-corrected chi connectivity index (χ0v) is 14.9. The largest absolute Gasteiger partial charge is 0.379 e. The van der Waals surface area contributed by atoms with Crippen molar-refractivity contribution in [2.45, 2.75) is 64.0 Å². The van der Waals surface area contributed by atoms with Crippen LogP contribution in [-0.4, -0.2) is 61.8 Å². The number of nitrogens with one attached hydrogen (secondary N) is 2. The minimum absolute atomic E-state index is 0.0283. The first-order valence-electron chi connectivity index (χ1n) is 8.77. The number of hydrogen-bond donors (Lipinski definition) is 2. The van der Waals surface area contributed by atoms with E-state index in [0.29, 0.717) is 0 Å². The maximum absolute atomic E-state index is 5.55. The molecule has 1 saturated carbocycles. The lowest BCUT2D eigenvalue weighted by molar-refractivity contribution is -0.0353. The highest BCUT2D eigenvalue weighted by atomic mass is 16.5. The molecule has 1 saturated heterocycles. The number of morpholine rings is 1. The third-order valence-corrected chi connectivity index (χ3v) is 4.77. The Kier molecular flexibility index (Phi) is 6.09. The highest BCUT2D eigenvalue weighted by molar-refractivity contribution is 5.80. The van der Waals surface area contributed by atoms with Gasteiger partial charge in [0, 0.05) is 37.8 Å². The van der Waals surface area contributed by atoms with Crippen molar-refractivity contribution in [3.05, 3.63) is 0 Å². The van der Waals surface area contributed by atoms with Crippen LogP contribution in [0.2, 0.25) is 0 Å². The lowest BCUT2D eigenvalue weighted by Crippen LogP contribution is -2.61. The second kappa shape index (κ2) is 7.64. The van der Waals surface area contributed by atoms with E-state index in [1.165, 1.54) is 32.1 Å². The van der Waals surface area contributed by atoms with Gasteiger partial charge in [0.2, 0.25) is 0 Å². The van der Waals surface area contributed by atoms with Crippen LogP contribution >= 0.6 is 0 Å². The molecule has 0 aromatic heterocycles. The molecule has 5 nitrogen and oxygen atoms in total. The SMILES string of the molecule is CN=C(NCC1(N2CCOCC2)CCCCC1)NC(C)(C)C. The highest BCUT2D eigenvalue weighted by Crippen LogP contribution is 2.33. The standard InChI is InChI=1S/C17H34N4O/c1-16(2,3)20-15(18-4)19-14-17(8-6-5-7-9-17)21-10-12-22-13-11-21/h5-14H2,1-4H3,(H2,18,19,20). The highest BCUT2D eigenvalue weighted by Gasteiger charge is 2.38. The van der Waals surface area contributed by atoms with Crippen LogP contribution in [-0.2, 0) is 4.74 Å². The number of rotatable bonds is 3. The summed E-state index contributed by atoms with van der Waals surface area (Å²) in [5, 5.41) is 7.05. The lowest BCUT2D eigenvalue weighted by atomic mass is 9.79. The van der Waals surface area contributed by atoms with E-state index in [-0.39, 0.29) is 11.1 Å². The monoisotopic (exact) mass is 310 g/mol. The maximum Gasteiger partial charge on any atom is 0.191 e. The Hall–Kier alpha value is -0.810.